The van der Waals surface area contributed by atoms with E-state index in [1.807, 2.05) is 25.1 Å². The molecule has 2 aromatic carbocycles. The van der Waals surface area contributed by atoms with E-state index in [0.717, 1.165) is 27.7 Å². The van der Waals surface area contributed by atoms with Gasteiger partial charge < -0.3 is 5.32 Å². The third-order valence-electron chi connectivity index (χ3n) is 4.88. The molecule has 0 amide bonds. The zero-order valence-electron chi connectivity index (χ0n) is 13.4. The molecular weight excluding hydrogens is 292 g/mol. The van der Waals surface area contributed by atoms with Crippen molar-refractivity contribution in [1.82, 2.24) is 0 Å². The number of nitrogens with one attached hydrogen (secondary N) is 1. The van der Waals surface area contributed by atoms with Crippen LogP contribution in [0, 0.1) is 6.92 Å². The molecule has 1 N–H and O–H groups in total. The Bertz CT molecular complexity index is 737. The van der Waals surface area contributed by atoms with Crippen LogP contribution in [0.5, 0.6) is 0 Å². The van der Waals surface area contributed by atoms with Gasteiger partial charge in [0.2, 0.25) is 0 Å². The van der Waals surface area contributed by atoms with E-state index >= 15 is 0 Å². The molecule has 22 heavy (non-hydrogen) atoms. The highest BCUT2D eigenvalue weighted by atomic mass is 35.5. The fourth-order valence-electron chi connectivity index (χ4n) is 3.02. The highest BCUT2D eigenvalue weighted by Gasteiger charge is 2.38. The largest absolute Gasteiger partial charge is 0.372 e. The number of aliphatic imine (C=N–C) groups is 1. The van der Waals surface area contributed by atoms with Crippen LogP contribution in [0.25, 0.3) is 0 Å². The number of benzene rings is 2. The Labute approximate surface area is 137 Å². The minimum atomic E-state index is -0.229. The van der Waals surface area contributed by atoms with Crippen molar-refractivity contribution in [1.29, 1.82) is 0 Å². The van der Waals surface area contributed by atoms with Crippen molar-refractivity contribution >= 4 is 28.7 Å². The van der Waals surface area contributed by atoms with Crippen LogP contribution in [0.4, 0.5) is 11.4 Å². The molecule has 0 spiro atoms. The predicted molar refractivity (Wildman–Crippen MR) is 95.8 cm³/mol. The van der Waals surface area contributed by atoms with Crippen LogP contribution in [0.2, 0.25) is 5.02 Å². The molecule has 1 heterocycles. The molecule has 3 rings (SSSR count). The van der Waals surface area contributed by atoms with Gasteiger partial charge in [-0.2, -0.15) is 0 Å². The first kappa shape index (κ1) is 15.1. The zero-order valence-corrected chi connectivity index (χ0v) is 14.2. The van der Waals surface area contributed by atoms with Crippen LogP contribution in [-0.2, 0) is 0 Å². The summed E-state index contributed by atoms with van der Waals surface area (Å²) in [5, 5.41) is 4.45. The standard InChI is InChI=1S/C19H21ClN2/c1-12-10-17-18(11-16(12)20)22-19(4,14(3)21-17)13(2)15-8-6-5-7-9-15/h5-11,13,22H,1-4H3. The summed E-state index contributed by atoms with van der Waals surface area (Å²) in [6, 6.07) is 14.6. The molecule has 2 unspecified atom stereocenters. The highest BCUT2D eigenvalue weighted by Crippen LogP contribution is 2.42. The van der Waals surface area contributed by atoms with E-state index in [1.165, 1.54) is 5.56 Å². The number of halogens is 1. The van der Waals surface area contributed by atoms with Crippen molar-refractivity contribution in [3.63, 3.8) is 0 Å². The molecule has 2 nitrogen and oxygen atoms in total. The zero-order chi connectivity index (χ0) is 15.9. The van der Waals surface area contributed by atoms with Crippen molar-refractivity contribution in [2.45, 2.75) is 39.2 Å². The van der Waals surface area contributed by atoms with E-state index in [1.54, 1.807) is 0 Å². The van der Waals surface area contributed by atoms with Gasteiger partial charge in [0.1, 0.15) is 0 Å². The molecule has 0 bridgehead atoms. The lowest BCUT2D eigenvalue weighted by molar-refractivity contribution is 0.554. The summed E-state index contributed by atoms with van der Waals surface area (Å²) in [4.78, 5) is 4.84. The van der Waals surface area contributed by atoms with Crippen LogP contribution >= 0.6 is 11.6 Å². The summed E-state index contributed by atoms with van der Waals surface area (Å²) in [5.74, 6) is 0.297. The summed E-state index contributed by atoms with van der Waals surface area (Å²) in [5.41, 5.74) is 5.20. The molecule has 3 heteroatoms. The second kappa shape index (κ2) is 5.44. The van der Waals surface area contributed by atoms with E-state index in [4.69, 9.17) is 16.6 Å². The Morgan fingerprint density at radius 2 is 1.82 bits per heavy atom. The van der Waals surface area contributed by atoms with E-state index in [2.05, 4.69) is 50.4 Å². The highest BCUT2D eigenvalue weighted by molar-refractivity contribution is 6.31. The molecule has 2 atom stereocenters. The number of aryl methyl sites for hydroxylation is 1. The molecule has 2 aromatic rings. The van der Waals surface area contributed by atoms with Crippen molar-refractivity contribution in [3.8, 4) is 0 Å². The number of nitrogens with zero attached hydrogens (tertiary/aromatic N) is 1. The van der Waals surface area contributed by atoms with Gasteiger partial charge in [-0.25, -0.2) is 0 Å². The quantitative estimate of drug-likeness (QED) is 0.752. The number of fused-ring (bicyclic) bond motifs is 1. The maximum absolute atomic E-state index is 6.28. The molecule has 0 radical (unpaired) electrons. The number of anilines is 1. The average molecular weight is 313 g/mol. The Morgan fingerprint density at radius 1 is 1.14 bits per heavy atom. The fraction of sp³-hybridized carbons (Fsp3) is 0.316. The first-order valence-corrected chi connectivity index (χ1v) is 7.98. The van der Waals surface area contributed by atoms with Gasteiger partial charge in [-0.05, 0) is 44.0 Å². The van der Waals surface area contributed by atoms with Gasteiger partial charge in [0.15, 0.2) is 0 Å². The van der Waals surface area contributed by atoms with E-state index < -0.39 is 0 Å². The van der Waals surface area contributed by atoms with Gasteiger partial charge in [-0.1, -0.05) is 48.9 Å². The topological polar surface area (TPSA) is 24.4 Å². The lowest BCUT2D eigenvalue weighted by Crippen LogP contribution is -2.48. The lowest BCUT2D eigenvalue weighted by Gasteiger charge is -2.41. The molecule has 1 aliphatic rings. The van der Waals surface area contributed by atoms with E-state index in [9.17, 15) is 0 Å². The molecule has 0 aliphatic carbocycles. The average Bonchev–Trinajstić information content (AvgIpc) is 2.51. The minimum Gasteiger partial charge on any atom is -0.372 e. The van der Waals surface area contributed by atoms with Crippen molar-refractivity contribution < 1.29 is 0 Å². The van der Waals surface area contributed by atoms with Crippen molar-refractivity contribution in [3.05, 3.63) is 58.6 Å². The number of hydrogen-bond donors (Lipinski definition) is 1. The Morgan fingerprint density at radius 3 is 2.50 bits per heavy atom. The monoisotopic (exact) mass is 312 g/mol. The van der Waals surface area contributed by atoms with Gasteiger partial charge in [-0.15, -0.1) is 0 Å². The van der Waals surface area contributed by atoms with E-state index in [0.29, 0.717) is 5.92 Å². The van der Waals surface area contributed by atoms with Gasteiger partial charge in [0, 0.05) is 16.7 Å². The minimum absolute atomic E-state index is 0.229. The van der Waals surface area contributed by atoms with Gasteiger partial charge in [0.05, 0.1) is 16.9 Å². The molecular formula is C19H21ClN2. The molecule has 0 fully saturated rings. The molecule has 1 aliphatic heterocycles. The summed E-state index contributed by atoms with van der Waals surface area (Å²) >= 11 is 6.28. The third-order valence-corrected chi connectivity index (χ3v) is 5.28. The number of hydrogen-bond acceptors (Lipinski definition) is 2. The summed E-state index contributed by atoms with van der Waals surface area (Å²) in [6.45, 7) is 8.55. The van der Waals surface area contributed by atoms with E-state index in [-0.39, 0.29) is 5.54 Å². The first-order chi connectivity index (χ1) is 10.4. The smallest absolute Gasteiger partial charge is 0.0865 e. The Hall–Kier alpha value is -1.80. The van der Waals surface area contributed by atoms with Crippen LogP contribution in [0.3, 0.4) is 0 Å². The van der Waals surface area contributed by atoms with Crippen LogP contribution in [0.15, 0.2) is 47.5 Å². The lowest BCUT2D eigenvalue weighted by atomic mass is 9.77. The molecule has 114 valence electrons. The second-order valence-corrected chi connectivity index (χ2v) is 6.68. The summed E-state index contributed by atoms with van der Waals surface area (Å²) in [7, 11) is 0. The van der Waals surface area contributed by atoms with Gasteiger partial charge >= 0.3 is 0 Å². The van der Waals surface area contributed by atoms with Crippen LogP contribution in [-0.4, -0.2) is 11.3 Å². The summed E-state index contributed by atoms with van der Waals surface area (Å²) < 4.78 is 0. The van der Waals surface area contributed by atoms with Gasteiger partial charge in [-0.3, -0.25) is 4.99 Å². The maximum atomic E-state index is 6.28. The molecule has 0 aromatic heterocycles. The van der Waals surface area contributed by atoms with Crippen molar-refractivity contribution in [2.24, 2.45) is 4.99 Å². The van der Waals surface area contributed by atoms with Gasteiger partial charge in [0.25, 0.3) is 0 Å². The predicted octanol–water partition coefficient (Wildman–Crippen LogP) is 5.73. The summed E-state index contributed by atoms with van der Waals surface area (Å²) in [6.07, 6.45) is 0. The fourth-order valence-corrected chi connectivity index (χ4v) is 3.19. The molecule has 0 saturated heterocycles. The normalized spacial score (nSPS) is 21.6. The Balaban J connectivity index is 2.04. The maximum Gasteiger partial charge on any atom is 0.0865 e. The second-order valence-electron chi connectivity index (χ2n) is 6.28. The van der Waals surface area contributed by atoms with Crippen LogP contribution in [0.1, 0.15) is 37.8 Å². The van der Waals surface area contributed by atoms with Crippen molar-refractivity contribution in [2.75, 3.05) is 5.32 Å². The number of rotatable bonds is 2. The Kier molecular flexibility index (Phi) is 3.73. The third kappa shape index (κ3) is 2.42. The van der Waals surface area contributed by atoms with Crippen LogP contribution < -0.4 is 5.32 Å². The first-order valence-electron chi connectivity index (χ1n) is 7.61. The molecule has 0 saturated carbocycles. The SMILES string of the molecule is CC1=Nc2cc(C)c(Cl)cc2NC1(C)C(C)c1ccccc1.